The van der Waals surface area contributed by atoms with Crippen LogP contribution in [0.5, 0.6) is 0 Å². The first-order chi connectivity index (χ1) is 9.49. The fourth-order valence-electron chi connectivity index (χ4n) is 2.10. The van der Waals surface area contributed by atoms with Crippen molar-refractivity contribution in [3.05, 3.63) is 34.3 Å². The molecule has 1 saturated carbocycles. The number of benzene rings is 1. The van der Waals surface area contributed by atoms with Gasteiger partial charge in [0.1, 0.15) is 0 Å². The summed E-state index contributed by atoms with van der Waals surface area (Å²) >= 11 is 6.18. The van der Waals surface area contributed by atoms with Crippen LogP contribution < -0.4 is 0 Å². The molecule has 4 nitrogen and oxygen atoms in total. The average Bonchev–Trinajstić information content (AvgIpc) is 3.21. The second-order valence-corrected chi connectivity index (χ2v) is 5.65. The number of hydrogen-bond donors (Lipinski definition) is 1. The Morgan fingerprint density at radius 3 is 2.70 bits per heavy atom. The van der Waals surface area contributed by atoms with Gasteiger partial charge in [0.25, 0.3) is 5.91 Å². The van der Waals surface area contributed by atoms with Crippen molar-refractivity contribution < 1.29 is 14.7 Å². The number of carboxylic acids is 1. The molecule has 0 atom stereocenters. The van der Waals surface area contributed by atoms with Gasteiger partial charge in [0, 0.05) is 13.1 Å². The van der Waals surface area contributed by atoms with Gasteiger partial charge in [0.05, 0.1) is 17.0 Å². The molecule has 0 aliphatic heterocycles. The van der Waals surface area contributed by atoms with Crippen molar-refractivity contribution >= 4 is 23.5 Å². The summed E-state index contributed by atoms with van der Waals surface area (Å²) in [5, 5.41) is 9.25. The van der Waals surface area contributed by atoms with Crippen LogP contribution in [0.3, 0.4) is 0 Å². The van der Waals surface area contributed by atoms with Gasteiger partial charge in [-0.05, 0) is 37.3 Å². The van der Waals surface area contributed by atoms with Gasteiger partial charge in [-0.3, -0.25) is 9.59 Å². The Balaban J connectivity index is 2.15. The molecule has 1 aromatic rings. The molecule has 1 N–H and O–H groups in total. The molecule has 1 aromatic carbocycles. The maximum absolute atomic E-state index is 12.5. The predicted octanol–water partition coefficient (Wildman–Crippen LogP) is 2.98. The SMILES string of the molecule is Cc1cccc(C(=O)N(CCC(=O)O)CC2CC2)c1Cl. The molecular weight excluding hydrogens is 278 g/mol. The van der Waals surface area contributed by atoms with Crippen LogP contribution in [0.1, 0.15) is 35.2 Å². The molecule has 0 bridgehead atoms. The Morgan fingerprint density at radius 2 is 2.10 bits per heavy atom. The maximum Gasteiger partial charge on any atom is 0.305 e. The van der Waals surface area contributed by atoms with E-state index >= 15 is 0 Å². The highest BCUT2D eigenvalue weighted by atomic mass is 35.5. The number of nitrogens with zero attached hydrogens (tertiary/aromatic N) is 1. The lowest BCUT2D eigenvalue weighted by Gasteiger charge is -2.22. The van der Waals surface area contributed by atoms with E-state index in [0.29, 0.717) is 23.0 Å². The fraction of sp³-hybridized carbons (Fsp3) is 0.467. The molecule has 20 heavy (non-hydrogen) atoms. The minimum absolute atomic E-state index is 0.0398. The largest absolute Gasteiger partial charge is 0.481 e. The molecule has 0 unspecified atom stereocenters. The molecule has 1 fully saturated rings. The van der Waals surface area contributed by atoms with Crippen molar-refractivity contribution in [1.29, 1.82) is 0 Å². The minimum atomic E-state index is -0.895. The van der Waals surface area contributed by atoms with Gasteiger partial charge in [-0.1, -0.05) is 23.7 Å². The van der Waals surface area contributed by atoms with E-state index in [1.54, 1.807) is 17.0 Å². The monoisotopic (exact) mass is 295 g/mol. The van der Waals surface area contributed by atoms with Crippen molar-refractivity contribution in [2.45, 2.75) is 26.2 Å². The van der Waals surface area contributed by atoms with E-state index in [0.717, 1.165) is 18.4 Å². The lowest BCUT2D eigenvalue weighted by atomic mass is 10.1. The van der Waals surface area contributed by atoms with Gasteiger partial charge < -0.3 is 10.0 Å². The van der Waals surface area contributed by atoms with Crippen LogP contribution in [0.25, 0.3) is 0 Å². The van der Waals surface area contributed by atoms with E-state index < -0.39 is 5.97 Å². The van der Waals surface area contributed by atoms with Crippen LogP contribution in [-0.2, 0) is 4.79 Å². The van der Waals surface area contributed by atoms with E-state index in [9.17, 15) is 9.59 Å². The highest BCUT2D eigenvalue weighted by molar-refractivity contribution is 6.34. The maximum atomic E-state index is 12.5. The average molecular weight is 296 g/mol. The first-order valence-electron chi connectivity index (χ1n) is 6.75. The summed E-state index contributed by atoms with van der Waals surface area (Å²) in [7, 11) is 0. The number of aryl methyl sites for hydroxylation is 1. The van der Waals surface area contributed by atoms with Gasteiger partial charge in [-0.2, -0.15) is 0 Å². The molecule has 1 aliphatic carbocycles. The summed E-state index contributed by atoms with van der Waals surface area (Å²) in [5.74, 6) is -0.558. The molecule has 1 aliphatic rings. The fourth-order valence-corrected chi connectivity index (χ4v) is 2.31. The highest BCUT2D eigenvalue weighted by Gasteiger charge is 2.28. The molecule has 2 rings (SSSR count). The van der Waals surface area contributed by atoms with Crippen LogP contribution in [0.4, 0.5) is 0 Å². The Bertz CT molecular complexity index is 526. The summed E-state index contributed by atoms with van der Waals surface area (Å²) in [5.41, 5.74) is 1.31. The summed E-state index contributed by atoms with van der Waals surface area (Å²) in [6, 6.07) is 5.33. The number of halogens is 1. The first kappa shape index (κ1) is 14.9. The van der Waals surface area contributed by atoms with E-state index in [-0.39, 0.29) is 18.9 Å². The van der Waals surface area contributed by atoms with Gasteiger partial charge in [-0.25, -0.2) is 0 Å². The number of rotatable bonds is 6. The number of carboxylic acid groups (broad SMARTS) is 1. The second kappa shape index (κ2) is 6.27. The molecule has 0 aromatic heterocycles. The van der Waals surface area contributed by atoms with Gasteiger partial charge >= 0.3 is 5.97 Å². The lowest BCUT2D eigenvalue weighted by Crippen LogP contribution is -2.35. The van der Waals surface area contributed by atoms with E-state index in [1.165, 1.54) is 0 Å². The van der Waals surface area contributed by atoms with Crippen molar-refractivity contribution in [3.63, 3.8) is 0 Å². The highest BCUT2D eigenvalue weighted by Crippen LogP contribution is 2.31. The molecule has 0 radical (unpaired) electrons. The predicted molar refractivity (Wildman–Crippen MR) is 77.1 cm³/mol. The molecule has 5 heteroatoms. The standard InChI is InChI=1S/C15H18ClNO3/c1-10-3-2-4-12(14(10)16)15(20)17(8-7-13(18)19)9-11-5-6-11/h2-4,11H,5-9H2,1H3,(H,18,19). The van der Waals surface area contributed by atoms with E-state index in [4.69, 9.17) is 16.7 Å². The first-order valence-corrected chi connectivity index (χ1v) is 7.13. The number of hydrogen-bond acceptors (Lipinski definition) is 2. The Kier molecular flexibility index (Phi) is 4.65. The van der Waals surface area contributed by atoms with Crippen molar-refractivity contribution in [2.75, 3.05) is 13.1 Å². The number of carbonyl (C=O) groups is 2. The number of amides is 1. The summed E-state index contributed by atoms with van der Waals surface area (Å²) in [4.78, 5) is 24.9. The van der Waals surface area contributed by atoms with Gasteiger partial charge in [-0.15, -0.1) is 0 Å². The summed E-state index contributed by atoms with van der Waals surface area (Å²) in [6.45, 7) is 2.70. The quantitative estimate of drug-likeness (QED) is 0.878. The Labute approximate surface area is 123 Å². The Hall–Kier alpha value is -1.55. The number of carbonyl (C=O) groups excluding carboxylic acids is 1. The smallest absolute Gasteiger partial charge is 0.305 e. The molecule has 0 saturated heterocycles. The zero-order valence-electron chi connectivity index (χ0n) is 11.4. The topological polar surface area (TPSA) is 57.6 Å². The van der Waals surface area contributed by atoms with Crippen LogP contribution in [0.15, 0.2) is 18.2 Å². The second-order valence-electron chi connectivity index (χ2n) is 5.27. The van der Waals surface area contributed by atoms with Crippen LogP contribution >= 0.6 is 11.6 Å². The zero-order chi connectivity index (χ0) is 14.7. The molecule has 0 spiro atoms. The summed E-state index contributed by atoms with van der Waals surface area (Å²) in [6.07, 6.45) is 2.18. The molecular formula is C15H18ClNO3. The van der Waals surface area contributed by atoms with E-state index in [1.807, 2.05) is 13.0 Å². The summed E-state index contributed by atoms with van der Waals surface area (Å²) < 4.78 is 0. The molecule has 108 valence electrons. The van der Waals surface area contributed by atoms with Crippen molar-refractivity contribution in [2.24, 2.45) is 5.92 Å². The molecule has 1 amide bonds. The third-order valence-electron chi connectivity index (χ3n) is 3.48. The van der Waals surface area contributed by atoms with Gasteiger partial charge in [0.15, 0.2) is 0 Å². The normalized spacial score (nSPS) is 14.1. The van der Waals surface area contributed by atoms with E-state index in [2.05, 4.69) is 0 Å². The van der Waals surface area contributed by atoms with Gasteiger partial charge in [0.2, 0.25) is 0 Å². The van der Waals surface area contributed by atoms with Crippen molar-refractivity contribution in [1.82, 2.24) is 4.90 Å². The van der Waals surface area contributed by atoms with Crippen LogP contribution in [-0.4, -0.2) is 35.0 Å². The third-order valence-corrected chi connectivity index (χ3v) is 3.98. The van der Waals surface area contributed by atoms with Crippen LogP contribution in [0.2, 0.25) is 5.02 Å². The minimum Gasteiger partial charge on any atom is -0.481 e. The van der Waals surface area contributed by atoms with Crippen LogP contribution in [0, 0.1) is 12.8 Å². The zero-order valence-corrected chi connectivity index (χ0v) is 12.2. The van der Waals surface area contributed by atoms with Crippen molar-refractivity contribution in [3.8, 4) is 0 Å². The Morgan fingerprint density at radius 1 is 1.40 bits per heavy atom. The third kappa shape index (κ3) is 3.73. The molecule has 0 heterocycles. The number of aliphatic carboxylic acids is 1. The lowest BCUT2D eigenvalue weighted by molar-refractivity contribution is -0.137.